The number of benzene rings is 2. The van der Waals surface area contributed by atoms with Crippen molar-refractivity contribution in [3.63, 3.8) is 0 Å². The van der Waals surface area contributed by atoms with Crippen molar-refractivity contribution in [3.8, 4) is 11.6 Å². The van der Waals surface area contributed by atoms with Crippen LogP contribution in [0.4, 0.5) is 5.69 Å². The predicted molar refractivity (Wildman–Crippen MR) is 98.9 cm³/mol. The number of imidazole rings is 1. The number of nitrogens with two attached hydrogens (primary N) is 1. The normalized spacial score (nSPS) is 10.4. The van der Waals surface area contributed by atoms with Gasteiger partial charge in [-0.15, -0.1) is 0 Å². The fourth-order valence-corrected chi connectivity index (χ4v) is 2.58. The molecule has 0 bridgehead atoms. The summed E-state index contributed by atoms with van der Waals surface area (Å²) in [7, 11) is 1.56. The van der Waals surface area contributed by atoms with E-state index in [0.717, 1.165) is 5.56 Å². The van der Waals surface area contributed by atoms with Gasteiger partial charge >= 0.3 is 0 Å². The van der Waals surface area contributed by atoms with Crippen LogP contribution in [0.2, 0.25) is 0 Å². The van der Waals surface area contributed by atoms with E-state index in [-0.39, 0.29) is 11.6 Å². The minimum atomic E-state index is -0.756. The molecule has 0 aliphatic heterocycles. The lowest BCUT2D eigenvalue weighted by atomic mass is 10.1. The number of ether oxygens (including phenoxy) is 1. The van der Waals surface area contributed by atoms with Crippen molar-refractivity contribution in [3.05, 3.63) is 71.7 Å². The zero-order valence-corrected chi connectivity index (χ0v) is 14.5. The summed E-state index contributed by atoms with van der Waals surface area (Å²) >= 11 is 0. The quantitative estimate of drug-likeness (QED) is 0.616. The first-order valence-electron chi connectivity index (χ1n) is 8.06. The first kappa shape index (κ1) is 18.0. The van der Waals surface area contributed by atoms with Crippen molar-refractivity contribution >= 4 is 17.5 Å². The largest absolute Gasteiger partial charge is 0.497 e. The van der Waals surface area contributed by atoms with Crippen LogP contribution in [-0.4, -0.2) is 33.6 Å². The second-order valence-corrected chi connectivity index (χ2v) is 5.79. The minimum Gasteiger partial charge on any atom is -0.497 e. The van der Waals surface area contributed by atoms with Crippen molar-refractivity contribution < 1.29 is 19.4 Å². The van der Waals surface area contributed by atoms with Crippen molar-refractivity contribution in [1.82, 2.24) is 9.55 Å². The van der Waals surface area contributed by atoms with E-state index in [0.29, 0.717) is 23.5 Å². The Bertz CT molecular complexity index is 962. The molecule has 1 heterocycles. The van der Waals surface area contributed by atoms with Gasteiger partial charge in [0, 0.05) is 17.8 Å². The van der Waals surface area contributed by atoms with Crippen LogP contribution in [0.3, 0.4) is 0 Å². The number of carbonyl (C=O) groups is 2. The molecule has 0 radical (unpaired) electrons. The Hall–Kier alpha value is -3.81. The molecule has 138 valence electrons. The number of nitrogens with zero attached hydrogens (tertiary/aromatic N) is 2. The Morgan fingerprint density at radius 2 is 1.81 bits per heavy atom. The van der Waals surface area contributed by atoms with Crippen molar-refractivity contribution in [2.75, 3.05) is 12.4 Å². The second kappa shape index (κ2) is 7.61. The Labute approximate surface area is 155 Å². The molecule has 0 saturated carbocycles. The molecule has 4 N–H and O–H groups in total. The van der Waals surface area contributed by atoms with Gasteiger partial charge in [-0.1, -0.05) is 12.1 Å². The maximum atomic E-state index is 12.3. The zero-order chi connectivity index (χ0) is 19.4. The van der Waals surface area contributed by atoms with Crippen LogP contribution in [0.1, 0.15) is 26.4 Å². The number of rotatable bonds is 6. The molecule has 0 fully saturated rings. The zero-order valence-electron chi connectivity index (χ0n) is 14.5. The maximum Gasteiger partial charge on any atom is 0.271 e. The van der Waals surface area contributed by atoms with Gasteiger partial charge in [-0.3, -0.25) is 9.59 Å². The molecule has 3 aromatic rings. The van der Waals surface area contributed by atoms with E-state index in [4.69, 9.17) is 10.5 Å². The standard InChI is InChI=1S/C19H18N4O4/c1-27-15-8-4-13(5-9-15)18(25)22-14-6-2-12(3-7-14)10-23-11-21-19(26)16(23)17(20)24/h2-9,11,26H,10H2,1H3,(H2,20,24)(H,22,25). The molecule has 0 atom stereocenters. The number of methoxy groups -OCH3 is 1. The van der Waals surface area contributed by atoms with Gasteiger partial charge in [0.25, 0.3) is 11.8 Å². The van der Waals surface area contributed by atoms with E-state index in [1.165, 1.54) is 10.9 Å². The first-order valence-corrected chi connectivity index (χ1v) is 8.06. The van der Waals surface area contributed by atoms with Gasteiger partial charge in [0.15, 0.2) is 5.69 Å². The summed E-state index contributed by atoms with van der Waals surface area (Å²) in [4.78, 5) is 27.3. The van der Waals surface area contributed by atoms with E-state index in [1.54, 1.807) is 55.6 Å². The Balaban J connectivity index is 1.68. The number of amides is 2. The highest BCUT2D eigenvalue weighted by Gasteiger charge is 2.15. The summed E-state index contributed by atoms with van der Waals surface area (Å²) in [5.41, 5.74) is 7.19. The Morgan fingerprint density at radius 3 is 2.41 bits per heavy atom. The van der Waals surface area contributed by atoms with Gasteiger partial charge in [-0.2, -0.15) is 0 Å². The third-order valence-corrected chi connectivity index (χ3v) is 3.97. The van der Waals surface area contributed by atoms with Crippen LogP contribution in [0, 0.1) is 0 Å². The Kier molecular flexibility index (Phi) is 5.07. The van der Waals surface area contributed by atoms with Crippen molar-refractivity contribution in [2.45, 2.75) is 6.54 Å². The van der Waals surface area contributed by atoms with E-state index in [9.17, 15) is 14.7 Å². The molecule has 0 aliphatic rings. The van der Waals surface area contributed by atoms with E-state index in [1.807, 2.05) is 0 Å². The third-order valence-electron chi connectivity index (χ3n) is 3.97. The van der Waals surface area contributed by atoms with Crippen LogP contribution in [0.15, 0.2) is 54.9 Å². The highest BCUT2D eigenvalue weighted by Crippen LogP contribution is 2.18. The molecule has 0 saturated heterocycles. The molecule has 27 heavy (non-hydrogen) atoms. The van der Waals surface area contributed by atoms with Crippen LogP contribution in [0.5, 0.6) is 11.6 Å². The lowest BCUT2D eigenvalue weighted by Gasteiger charge is -2.09. The number of anilines is 1. The minimum absolute atomic E-state index is 0.0492. The van der Waals surface area contributed by atoms with Gasteiger partial charge in [0.05, 0.1) is 13.4 Å². The number of carbonyl (C=O) groups excluding carboxylic acids is 2. The number of hydrogen-bond donors (Lipinski definition) is 3. The van der Waals surface area contributed by atoms with Crippen molar-refractivity contribution in [2.24, 2.45) is 5.73 Å². The number of nitrogens with one attached hydrogen (secondary N) is 1. The van der Waals surface area contributed by atoms with Crippen molar-refractivity contribution in [1.29, 1.82) is 0 Å². The van der Waals surface area contributed by atoms with Gasteiger partial charge in [-0.25, -0.2) is 4.98 Å². The molecule has 0 unspecified atom stereocenters. The average molecular weight is 366 g/mol. The predicted octanol–water partition coefficient (Wildman–Crippen LogP) is 2.00. The van der Waals surface area contributed by atoms with Crippen LogP contribution < -0.4 is 15.8 Å². The Morgan fingerprint density at radius 1 is 1.15 bits per heavy atom. The second-order valence-electron chi connectivity index (χ2n) is 5.79. The fourth-order valence-electron chi connectivity index (χ4n) is 2.58. The number of aromatic hydroxyl groups is 1. The van der Waals surface area contributed by atoms with Gasteiger partial charge in [0.2, 0.25) is 5.88 Å². The molecule has 1 aromatic heterocycles. The molecular formula is C19H18N4O4. The summed E-state index contributed by atoms with van der Waals surface area (Å²) in [6.07, 6.45) is 1.34. The van der Waals surface area contributed by atoms with Gasteiger partial charge in [-0.05, 0) is 42.0 Å². The summed E-state index contributed by atoms with van der Waals surface area (Å²) in [6, 6.07) is 13.9. The average Bonchev–Trinajstić information content (AvgIpc) is 3.03. The molecule has 8 nitrogen and oxygen atoms in total. The summed E-state index contributed by atoms with van der Waals surface area (Å²) < 4.78 is 6.53. The van der Waals surface area contributed by atoms with E-state index in [2.05, 4.69) is 10.3 Å². The summed E-state index contributed by atoms with van der Waals surface area (Å²) in [5.74, 6) is -0.711. The van der Waals surface area contributed by atoms with Crippen LogP contribution in [-0.2, 0) is 6.54 Å². The third kappa shape index (κ3) is 4.06. The number of hydrogen-bond acceptors (Lipinski definition) is 5. The molecule has 0 aliphatic carbocycles. The molecule has 2 aromatic carbocycles. The van der Waals surface area contributed by atoms with Crippen LogP contribution in [0.25, 0.3) is 0 Å². The topological polar surface area (TPSA) is 119 Å². The molecule has 3 rings (SSSR count). The fraction of sp³-hybridized carbons (Fsp3) is 0.105. The molecule has 8 heteroatoms. The van der Waals surface area contributed by atoms with Gasteiger partial charge in [0.1, 0.15) is 5.75 Å². The SMILES string of the molecule is COc1ccc(C(=O)Nc2ccc(Cn3cnc(O)c3C(N)=O)cc2)cc1. The smallest absolute Gasteiger partial charge is 0.271 e. The number of aromatic nitrogens is 2. The monoisotopic (exact) mass is 366 g/mol. The summed E-state index contributed by atoms with van der Waals surface area (Å²) in [6.45, 7) is 0.304. The lowest BCUT2D eigenvalue weighted by Crippen LogP contribution is -2.17. The maximum absolute atomic E-state index is 12.3. The lowest BCUT2D eigenvalue weighted by molar-refractivity contribution is 0.0987. The molecule has 0 spiro atoms. The molecular weight excluding hydrogens is 348 g/mol. The first-order chi connectivity index (χ1) is 13.0. The highest BCUT2D eigenvalue weighted by molar-refractivity contribution is 6.04. The van der Waals surface area contributed by atoms with Crippen LogP contribution >= 0.6 is 0 Å². The summed E-state index contributed by atoms with van der Waals surface area (Å²) in [5, 5.41) is 12.4. The van der Waals surface area contributed by atoms with E-state index >= 15 is 0 Å². The number of primary amides is 1. The highest BCUT2D eigenvalue weighted by atomic mass is 16.5. The molecule has 2 amide bonds. The van der Waals surface area contributed by atoms with Gasteiger partial charge < -0.3 is 25.5 Å². The van der Waals surface area contributed by atoms with E-state index < -0.39 is 11.8 Å².